The molecule has 0 bridgehead atoms. The Bertz CT molecular complexity index is 955. The van der Waals surface area contributed by atoms with Gasteiger partial charge >= 0.3 is 6.03 Å². The second-order valence-electron chi connectivity index (χ2n) is 8.23. The fourth-order valence-corrected chi connectivity index (χ4v) is 4.33. The second kappa shape index (κ2) is 9.18. The predicted octanol–water partition coefficient (Wildman–Crippen LogP) is 4.96. The van der Waals surface area contributed by atoms with Gasteiger partial charge in [0.2, 0.25) is 5.91 Å². The number of hydrogen-bond acceptors (Lipinski definition) is 3. The summed E-state index contributed by atoms with van der Waals surface area (Å²) in [7, 11) is 0. The van der Waals surface area contributed by atoms with Crippen molar-refractivity contribution in [3.8, 4) is 5.75 Å². The third kappa shape index (κ3) is 4.79. The molecule has 2 heterocycles. The minimum atomic E-state index is -0.0972. The van der Waals surface area contributed by atoms with E-state index in [1.165, 1.54) is 5.56 Å². The maximum absolute atomic E-state index is 13.3. The highest BCUT2D eigenvalue weighted by atomic mass is 35.5. The van der Waals surface area contributed by atoms with Crippen LogP contribution in [0.3, 0.4) is 0 Å². The molecule has 1 fully saturated rings. The molecule has 6 nitrogen and oxygen atoms in total. The molecule has 2 aromatic rings. The summed E-state index contributed by atoms with van der Waals surface area (Å²) in [5, 5.41) is 3.58. The number of nitrogens with zero attached hydrogens (tertiary/aromatic N) is 2. The Morgan fingerprint density at radius 3 is 2.52 bits per heavy atom. The first-order valence-corrected chi connectivity index (χ1v) is 11.2. The van der Waals surface area contributed by atoms with Crippen molar-refractivity contribution in [3.63, 3.8) is 0 Å². The van der Waals surface area contributed by atoms with E-state index in [1.54, 1.807) is 23.1 Å². The highest BCUT2D eigenvalue weighted by molar-refractivity contribution is 6.31. The molecular formula is C24H28ClN3O3. The van der Waals surface area contributed by atoms with Crippen molar-refractivity contribution in [3.05, 3.63) is 53.1 Å². The SMILES string of the molecule is CCc1ccc(NC(=O)C2CCN(C(=O)N3C[C@@H](C)Oc4ccc(Cl)cc43)CC2)cc1. The van der Waals surface area contributed by atoms with Crippen molar-refractivity contribution < 1.29 is 14.3 Å². The Kier molecular flexibility index (Phi) is 6.37. The first kappa shape index (κ1) is 21.5. The van der Waals surface area contributed by atoms with Crippen molar-refractivity contribution in [2.45, 2.75) is 39.2 Å². The van der Waals surface area contributed by atoms with Crippen molar-refractivity contribution in [1.29, 1.82) is 0 Å². The van der Waals surface area contributed by atoms with Gasteiger partial charge in [0.15, 0.2) is 0 Å². The van der Waals surface area contributed by atoms with Crippen LogP contribution in [0.5, 0.6) is 5.75 Å². The smallest absolute Gasteiger partial charge is 0.324 e. The van der Waals surface area contributed by atoms with Gasteiger partial charge in [-0.15, -0.1) is 0 Å². The van der Waals surface area contributed by atoms with Crippen LogP contribution in [0.4, 0.5) is 16.2 Å². The van der Waals surface area contributed by atoms with Crippen molar-refractivity contribution >= 4 is 34.9 Å². The number of anilines is 2. The van der Waals surface area contributed by atoms with E-state index in [4.69, 9.17) is 16.3 Å². The molecule has 0 saturated carbocycles. The number of rotatable bonds is 3. The molecule has 31 heavy (non-hydrogen) atoms. The average Bonchev–Trinajstić information content (AvgIpc) is 2.79. The quantitative estimate of drug-likeness (QED) is 0.732. The maximum atomic E-state index is 13.3. The monoisotopic (exact) mass is 441 g/mol. The van der Waals surface area contributed by atoms with Gasteiger partial charge < -0.3 is 15.0 Å². The molecule has 2 aliphatic rings. The van der Waals surface area contributed by atoms with Gasteiger partial charge in [0.25, 0.3) is 0 Å². The number of nitrogens with one attached hydrogen (secondary N) is 1. The first-order chi connectivity index (χ1) is 14.9. The molecule has 0 aromatic heterocycles. The third-order valence-electron chi connectivity index (χ3n) is 5.98. The minimum absolute atomic E-state index is 0.0217. The Labute approximate surface area is 188 Å². The van der Waals surface area contributed by atoms with Crippen LogP contribution in [0, 0.1) is 5.92 Å². The standard InChI is InChI=1S/C24H28ClN3O3/c1-3-17-4-7-20(8-5-17)26-23(29)18-10-12-27(13-11-18)24(30)28-15-16(2)31-22-9-6-19(25)14-21(22)28/h4-9,14,16,18H,3,10-13,15H2,1-2H3,(H,26,29)/t16-/m1/s1. The number of fused-ring (bicyclic) bond motifs is 1. The molecule has 7 heteroatoms. The van der Waals surface area contributed by atoms with E-state index >= 15 is 0 Å². The zero-order valence-electron chi connectivity index (χ0n) is 17.9. The van der Waals surface area contributed by atoms with E-state index in [-0.39, 0.29) is 24.0 Å². The van der Waals surface area contributed by atoms with Gasteiger partial charge in [-0.3, -0.25) is 9.69 Å². The fourth-order valence-electron chi connectivity index (χ4n) is 4.16. The van der Waals surface area contributed by atoms with Gasteiger partial charge in [-0.1, -0.05) is 30.7 Å². The summed E-state index contributed by atoms with van der Waals surface area (Å²) in [5.74, 6) is 0.591. The minimum Gasteiger partial charge on any atom is -0.487 e. The molecule has 1 N–H and O–H groups in total. The summed E-state index contributed by atoms with van der Waals surface area (Å²) >= 11 is 6.15. The number of likely N-dealkylation sites (tertiary alicyclic amines) is 1. The zero-order chi connectivity index (χ0) is 22.0. The van der Waals surface area contributed by atoms with E-state index in [0.717, 1.165) is 12.1 Å². The number of ether oxygens (including phenoxy) is 1. The summed E-state index contributed by atoms with van der Waals surface area (Å²) in [6.07, 6.45) is 2.17. The molecule has 0 spiro atoms. The molecule has 164 valence electrons. The lowest BCUT2D eigenvalue weighted by atomic mass is 9.96. The molecule has 1 atom stereocenters. The number of benzene rings is 2. The fraction of sp³-hybridized carbons (Fsp3) is 0.417. The summed E-state index contributed by atoms with van der Waals surface area (Å²) in [4.78, 5) is 29.5. The van der Waals surface area contributed by atoms with Gasteiger partial charge in [-0.25, -0.2) is 4.79 Å². The molecule has 2 aromatic carbocycles. The second-order valence-corrected chi connectivity index (χ2v) is 8.67. The lowest BCUT2D eigenvalue weighted by molar-refractivity contribution is -0.121. The van der Waals surface area contributed by atoms with Crippen molar-refractivity contribution in [2.75, 3.05) is 29.9 Å². The molecule has 3 amide bonds. The first-order valence-electron chi connectivity index (χ1n) is 10.9. The number of carbonyl (C=O) groups excluding carboxylic acids is 2. The Hall–Kier alpha value is -2.73. The summed E-state index contributed by atoms with van der Waals surface area (Å²) < 4.78 is 5.85. The Morgan fingerprint density at radius 2 is 1.84 bits per heavy atom. The van der Waals surface area contributed by atoms with Crippen LogP contribution in [0.25, 0.3) is 0 Å². The third-order valence-corrected chi connectivity index (χ3v) is 6.21. The number of hydrogen-bond donors (Lipinski definition) is 1. The molecule has 0 unspecified atom stereocenters. The molecule has 0 aliphatic carbocycles. The summed E-state index contributed by atoms with van der Waals surface area (Å²) in [6.45, 7) is 5.62. The number of amides is 3. The zero-order valence-corrected chi connectivity index (χ0v) is 18.7. The van der Waals surface area contributed by atoms with E-state index in [9.17, 15) is 9.59 Å². The molecule has 2 aliphatic heterocycles. The topological polar surface area (TPSA) is 61.9 Å². The van der Waals surface area contributed by atoms with Gasteiger partial charge in [0.05, 0.1) is 12.2 Å². The van der Waals surface area contributed by atoms with Crippen molar-refractivity contribution in [1.82, 2.24) is 4.90 Å². The number of carbonyl (C=O) groups is 2. The van der Waals surface area contributed by atoms with E-state index in [2.05, 4.69) is 12.2 Å². The summed E-state index contributed by atoms with van der Waals surface area (Å²) in [6, 6.07) is 13.2. The predicted molar refractivity (Wildman–Crippen MR) is 123 cm³/mol. The van der Waals surface area contributed by atoms with Crippen LogP contribution in [-0.4, -0.2) is 42.6 Å². The lowest BCUT2D eigenvalue weighted by Gasteiger charge is -2.39. The molecule has 0 radical (unpaired) electrons. The van der Waals surface area contributed by atoms with Crippen LogP contribution in [0.15, 0.2) is 42.5 Å². The van der Waals surface area contributed by atoms with E-state index < -0.39 is 0 Å². The summed E-state index contributed by atoms with van der Waals surface area (Å²) in [5.41, 5.74) is 2.76. The number of urea groups is 1. The Morgan fingerprint density at radius 1 is 1.13 bits per heavy atom. The van der Waals surface area contributed by atoms with Crippen molar-refractivity contribution in [2.24, 2.45) is 5.92 Å². The maximum Gasteiger partial charge on any atom is 0.324 e. The van der Waals surface area contributed by atoms with Crippen LogP contribution in [-0.2, 0) is 11.2 Å². The molecular weight excluding hydrogens is 414 g/mol. The number of aryl methyl sites for hydroxylation is 1. The number of piperidine rings is 1. The van der Waals surface area contributed by atoms with Crippen LogP contribution in [0.1, 0.15) is 32.3 Å². The highest BCUT2D eigenvalue weighted by Gasteiger charge is 2.34. The number of halogens is 1. The molecule has 1 saturated heterocycles. The van der Waals surface area contributed by atoms with Crippen LogP contribution in [0.2, 0.25) is 5.02 Å². The van der Waals surface area contributed by atoms with Crippen LogP contribution >= 0.6 is 11.6 Å². The van der Waals surface area contributed by atoms with Gasteiger partial charge in [-0.2, -0.15) is 0 Å². The normalized spacial score (nSPS) is 18.9. The average molecular weight is 442 g/mol. The highest BCUT2D eigenvalue weighted by Crippen LogP contribution is 2.36. The van der Waals surface area contributed by atoms with E-state index in [0.29, 0.717) is 48.9 Å². The van der Waals surface area contributed by atoms with Gasteiger partial charge in [-0.05, 0) is 62.1 Å². The lowest BCUT2D eigenvalue weighted by Crippen LogP contribution is -2.51. The van der Waals surface area contributed by atoms with Gasteiger partial charge in [0.1, 0.15) is 11.9 Å². The largest absolute Gasteiger partial charge is 0.487 e. The van der Waals surface area contributed by atoms with Crippen LogP contribution < -0.4 is 15.0 Å². The van der Waals surface area contributed by atoms with E-state index in [1.807, 2.05) is 36.1 Å². The molecule has 4 rings (SSSR count). The Balaban J connectivity index is 1.37. The van der Waals surface area contributed by atoms with Gasteiger partial charge in [0, 0.05) is 29.7 Å².